The van der Waals surface area contributed by atoms with E-state index in [0.717, 1.165) is 6.42 Å². The summed E-state index contributed by atoms with van der Waals surface area (Å²) in [5, 5.41) is 0. The lowest BCUT2D eigenvalue weighted by Gasteiger charge is -2.17. The second-order valence-electron chi connectivity index (χ2n) is 3.72. The van der Waals surface area contributed by atoms with Gasteiger partial charge >= 0.3 is 0 Å². The van der Waals surface area contributed by atoms with Crippen molar-refractivity contribution in [1.82, 2.24) is 0 Å². The van der Waals surface area contributed by atoms with Gasteiger partial charge in [-0.1, -0.05) is 0 Å². The maximum atomic E-state index is 10.7. The van der Waals surface area contributed by atoms with E-state index in [0.29, 0.717) is 6.42 Å². The van der Waals surface area contributed by atoms with Crippen LogP contribution in [0.3, 0.4) is 0 Å². The summed E-state index contributed by atoms with van der Waals surface area (Å²) >= 11 is 0. The van der Waals surface area contributed by atoms with Crippen LogP contribution in [0.25, 0.3) is 0 Å². The second-order valence-corrected chi connectivity index (χ2v) is 5.98. The molecule has 0 aliphatic carbocycles. The van der Waals surface area contributed by atoms with Crippen molar-refractivity contribution >= 4 is 9.84 Å². The summed E-state index contributed by atoms with van der Waals surface area (Å²) < 4.78 is 21.4. The first-order chi connectivity index (χ1) is 4.71. The molecule has 0 aliphatic heterocycles. The summed E-state index contributed by atoms with van der Waals surface area (Å²) in [6.07, 6.45) is 2.65. The largest absolute Gasteiger partial charge is 0.326 e. The molecule has 0 amide bonds. The van der Waals surface area contributed by atoms with Crippen LogP contribution in [0.4, 0.5) is 0 Å². The third-order valence-corrected chi connectivity index (χ3v) is 2.37. The van der Waals surface area contributed by atoms with Gasteiger partial charge in [0.05, 0.1) is 0 Å². The Hall–Kier alpha value is -0.0900. The van der Waals surface area contributed by atoms with Crippen LogP contribution in [0.2, 0.25) is 0 Å². The van der Waals surface area contributed by atoms with Crippen molar-refractivity contribution in [2.45, 2.75) is 32.2 Å². The van der Waals surface area contributed by atoms with Crippen molar-refractivity contribution in [3.8, 4) is 0 Å². The van der Waals surface area contributed by atoms with Gasteiger partial charge in [-0.15, -0.1) is 0 Å². The number of rotatable bonds is 4. The second kappa shape index (κ2) is 3.54. The Morgan fingerprint density at radius 1 is 1.36 bits per heavy atom. The number of hydrogen-bond donors (Lipinski definition) is 1. The Labute approximate surface area is 68.9 Å². The van der Waals surface area contributed by atoms with E-state index in [1.807, 2.05) is 13.8 Å². The lowest BCUT2D eigenvalue weighted by molar-refractivity contribution is 0.469. The molecule has 0 bridgehead atoms. The lowest BCUT2D eigenvalue weighted by atomic mass is 10.0. The Morgan fingerprint density at radius 2 is 1.82 bits per heavy atom. The van der Waals surface area contributed by atoms with Crippen molar-refractivity contribution in [3.05, 3.63) is 0 Å². The fourth-order valence-electron chi connectivity index (χ4n) is 0.790. The Bertz CT molecular complexity index is 201. The SMILES string of the molecule is CC(C)(N)CCCS(C)(=O)=O. The molecule has 0 aromatic rings. The molecular weight excluding hydrogens is 162 g/mol. The standard InChI is InChI=1S/C7H17NO2S/c1-7(2,8)5-4-6-11(3,9)10/h4-6,8H2,1-3H3. The minimum atomic E-state index is -2.80. The van der Waals surface area contributed by atoms with Gasteiger partial charge < -0.3 is 5.73 Å². The predicted molar refractivity (Wildman–Crippen MR) is 47.2 cm³/mol. The fraction of sp³-hybridized carbons (Fsp3) is 1.00. The predicted octanol–water partition coefficient (Wildman–Crippen LogP) is 0.548. The Kier molecular flexibility index (Phi) is 3.51. The molecular formula is C7H17NO2S. The number of sulfone groups is 1. The third-order valence-electron chi connectivity index (χ3n) is 1.34. The molecule has 2 N–H and O–H groups in total. The van der Waals surface area contributed by atoms with E-state index in [2.05, 4.69) is 0 Å². The molecule has 0 rings (SSSR count). The van der Waals surface area contributed by atoms with Gasteiger partial charge in [0.25, 0.3) is 0 Å². The van der Waals surface area contributed by atoms with E-state index < -0.39 is 9.84 Å². The van der Waals surface area contributed by atoms with E-state index in [1.165, 1.54) is 6.26 Å². The van der Waals surface area contributed by atoms with Gasteiger partial charge in [-0.2, -0.15) is 0 Å². The summed E-state index contributed by atoms with van der Waals surface area (Å²) in [5.74, 6) is 0.244. The molecule has 0 saturated carbocycles. The minimum Gasteiger partial charge on any atom is -0.326 e. The van der Waals surface area contributed by atoms with E-state index in [9.17, 15) is 8.42 Å². The first kappa shape index (κ1) is 10.9. The summed E-state index contributed by atoms with van der Waals surface area (Å²) in [6.45, 7) is 3.80. The zero-order valence-electron chi connectivity index (χ0n) is 7.42. The molecule has 0 saturated heterocycles. The normalized spacial score (nSPS) is 13.5. The molecule has 68 valence electrons. The minimum absolute atomic E-state index is 0.244. The average molecular weight is 179 g/mol. The summed E-state index contributed by atoms with van der Waals surface area (Å²) in [5.41, 5.74) is 5.42. The third kappa shape index (κ3) is 9.91. The van der Waals surface area contributed by atoms with Gasteiger partial charge in [0, 0.05) is 17.5 Å². The molecule has 0 heterocycles. The van der Waals surface area contributed by atoms with Crippen LogP contribution in [0.5, 0.6) is 0 Å². The molecule has 4 heteroatoms. The van der Waals surface area contributed by atoms with Gasteiger partial charge in [0.2, 0.25) is 0 Å². The maximum absolute atomic E-state index is 10.7. The number of hydrogen-bond acceptors (Lipinski definition) is 3. The first-order valence-electron chi connectivity index (χ1n) is 3.67. The van der Waals surface area contributed by atoms with Crippen LogP contribution >= 0.6 is 0 Å². The molecule has 0 fully saturated rings. The molecule has 0 unspecified atom stereocenters. The molecule has 0 radical (unpaired) electrons. The van der Waals surface area contributed by atoms with E-state index >= 15 is 0 Å². The van der Waals surface area contributed by atoms with Crippen LogP contribution in [-0.2, 0) is 9.84 Å². The quantitative estimate of drug-likeness (QED) is 0.685. The zero-order chi connectivity index (χ0) is 9.12. The van der Waals surface area contributed by atoms with Crippen molar-refractivity contribution in [3.63, 3.8) is 0 Å². The molecule has 0 aliphatic rings. The smallest absolute Gasteiger partial charge is 0.147 e. The highest BCUT2D eigenvalue weighted by molar-refractivity contribution is 7.90. The highest BCUT2D eigenvalue weighted by Crippen LogP contribution is 2.07. The number of nitrogens with two attached hydrogens (primary N) is 1. The van der Waals surface area contributed by atoms with E-state index in [-0.39, 0.29) is 11.3 Å². The highest BCUT2D eigenvalue weighted by atomic mass is 32.2. The summed E-state index contributed by atoms with van der Waals surface area (Å²) in [6, 6.07) is 0. The van der Waals surface area contributed by atoms with Crippen LogP contribution < -0.4 is 5.73 Å². The van der Waals surface area contributed by atoms with Crippen molar-refractivity contribution in [2.75, 3.05) is 12.0 Å². The monoisotopic (exact) mass is 179 g/mol. The van der Waals surface area contributed by atoms with Gasteiger partial charge in [0.15, 0.2) is 0 Å². The first-order valence-corrected chi connectivity index (χ1v) is 5.73. The van der Waals surface area contributed by atoms with Gasteiger partial charge in [-0.25, -0.2) is 8.42 Å². The fourth-order valence-corrected chi connectivity index (χ4v) is 1.46. The molecule has 11 heavy (non-hydrogen) atoms. The van der Waals surface area contributed by atoms with Crippen molar-refractivity contribution in [2.24, 2.45) is 5.73 Å². The highest BCUT2D eigenvalue weighted by Gasteiger charge is 2.11. The van der Waals surface area contributed by atoms with Crippen LogP contribution in [0, 0.1) is 0 Å². The molecule has 0 atom stereocenters. The maximum Gasteiger partial charge on any atom is 0.147 e. The van der Waals surface area contributed by atoms with Crippen LogP contribution in [-0.4, -0.2) is 26.0 Å². The van der Waals surface area contributed by atoms with E-state index in [1.54, 1.807) is 0 Å². The van der Waals surface area contributed by atoms with Crippen LogP contribution in [0.1, 0.15) is 26.7 Å². The zero-order valence-corrected chi connectivity index (χ0v) is 8.24. The lowest BCUT2D eigenvalue weighted by Crippen LogP contribution is -2.32. The summed E-state index contributed by atoms with van der Waals surface area (Å²) in [4.78, 5) is 0. The topological polar surface area (TPSA) is 60.2 Å². The molecule has 0 aromatic carbocycles. The van der Waals surface area contributed by atoms with Gasteiger partial charge in [-0.05, 0) is 26.7 Å². The Morgan fingerprint density at radius 3 is 2.09 bits per heavy atom. The Balaban J connectivity index is 3.61. The molecule has 3 nitrogen and oxygen atoms in total. The van der Waals surface area contributed by atoms with Crippen molar-refractivity contribution in [1.29, 1.82) is 0 Å². The van der Waals surface area contributed by atoms with Gasteiger partial charge in [0.1, 0.15) is 9.84 Å². The molecule has 0 spiro atoms. The molecule has 0 aromatic heterocycles. The van der Waals surface area contributed by atoms with E-state index in [4.69, 9.17) is 5.73 Å². The van der Waals surface area contributed by atoms with Gasteiger partial charge in [-0.3, -0.25) is 0 Å². The van der Waals surface area contributed by atoms with Crippen LogP contribution in [0.15, 0.2) is 0 Å². The summed E-state index contributed by atoms with van der Waals surface area (Å²) in [7, 11) is -2.80. The van der Waals surface area contributed by atoms with Crippen molar-refractivity contribution < 1.29 is 8.42 Å². The average Bonchev–Trinajstić information content (AvgIpc) is 1.55.